The van der Waals surface area contributed by atoms with Gasteiger partial charge in [-0.1, -0.05) is 42.1 Å². The zero-order valence-electron chi connectivity index (χ0n) is 17.4. The van der Waals surface area contributed by atoms with Crippen molar-refractivity contribution in [1.29, 1.82) is 0 Å². The van der Waals surface area contributed by atoms with Gasteiger partial charge in [-0.2, -0.15) is 0 Å². The smallest absolute Gasteiger partial charge is 0.266 e. The van der Waals surface area contributed by atoms with Gasteiger partial charge in [-0.05, 0) is 42.6 Å². The predicted molar refractivity (Wildman–Crippen MR) is 128 cm³/mol. The highest BCUT2D eigenvalue weighted by Crippen LogP contribution is 2.31. The van der Waals surface area contributed by atoms with Gasteiger partial charge in [0, 0.05) is 5.75 Å². The van der Waals surface area contributed by atoms with E-state index in [0.29, 0.717) is 39.1 Å². The Morgan fingerprint density at radius 2 is 1.88 bits per heavy atom. The average Bonchev–Trinajstić information content (AvgIpc) is 3.48. The number of fused-ring (bicyclic) bond motifs is 1. The molecule has 32 heavy (non-hydrogen) atoms. The van der Waals surface area contributed by atoms with Crippen molar-refractivity contribution in [3.63, 3.8) is 0 Å². The topological polar surface area (TPSA) is 70.2 Å². The maximum absolute atomic E-state index is 13.5. The van der Waals surface area contributed by atoms with Gasteiger partial charge in [-0.25, -0.2) is 9.97 Å². The number of aryl methyl sites for hydroxylation is 1. The van der Waals surface area contributed by atoms with Gasteiger partial charge in [0.25, 0.3) is 5.56 Å². The van der Waals surface area contributed by atoms with Crippen LogP contribution in [0.3, 0.4) is 0 Å². The molecule has 2 aromatic carbocycles. The fourth-order valence-electron chi connectivity index (χ4n) is 3.44. The standard InChI is InChI=1S/C24H19N3O3S2/c1-15-18(25-22(30-15)21-12-7-13-31-21)14-32-24-26-17-9-4-3-8-16(17)23(28)27(24)19-10-5-6-11-20(19)29-2/h3-13H,14H2,1-2H3. The van der Waals surface area contributed by atoms with E-state index in [9.17, 15) is 4.79 Å². The summed E-state index contributed by atoms with van der Waals surface area (Å²) in [7, 11) is 1.59. The van der Waals surface area contributed by atoms with Crippen LogP contribution in [0.4, 0.5) is 0 Å². The number of oxazole rings is 1. The fraction of sp³-hybridized carbons (Fsp3) is 0.125. The summed E-state index contributed by atoms with van der Waals surface area (Å²) in [5.41, 5.74) is 1.99. The van der Waals surface area contributed by atoms with E-state index in [-0.39, 0.29) is 5.56 Å². The van der Waals surface area contributed by atoms with Gasteiger partial charge >= 0.3 is 0 Å². The summed E-state index contributed by atoms with van der Waals surface area (Å²) < 4.78 is 13.0. The third-order valence-electron chi connectivity index (χ3n) is 5.03. The normalized spacial score (nSPS) is 11.2. The molecule has 3 heterocycles. The molecule has 0 unspecified atom stereocenters. The van der Waals surface area contributed by atoms with Crippen LogP contribution in [0.5, 0.6) is 5.75 Å². The highest BCUT2D eigenvalue weighted by Gasteiger charge is 2.18. The van der Waals surface area contributed by atoms with E-state index in [4.69, 9.17) is 14.1 Å². The summed E-state index contributed by atoms with van der Waals surface area (Å²) in [6, 6.07) is 18.8. The van der Waals surface area contributed by atoms with Crippen molar-refractivity contribution in [2.45, 2.75) is 17.8 Å². The van der Waals surface area contributed by atoms with Crippen LogP contribution < -0.4 is 10.3 Å². The molecule has 0 N–H and O–H groups in total. The highest BCUT2D eigenvalue weighted by molar-refractivity contribution is 7.98. The molecule has 0 saturated carbocycles. The van der Waals surface area contributed by atoms with Crippen LogP contribution in [0.15, 0.2) is 80.4 Å². The van der Waals surface area contributed by atoms with Gasteiger partial charge in [0.1, 0.15) is 11.5 Å². The monoisotopic (exact) mass is 461 g/mol. The minimum absolute atomic E-state index is 0.140. The van der Waals surface area contributed by atoms with E-state index >= 15 is 0 Å². The molecule has 0 aliphatic rings. The Kier molecular flexibility index (Phi) is 5.55. The van der Waals surface area contributed by atoms with Crippen LogP contribution in [0.25, 0.3) is 27.4 Å². The summed E-state index contributed by atoms with van der Waals surface area (Å²) in [5, 5.41) is 3.12. The molecular weight excluding hydrogens is 442 g/mol. The van der Waals surface area contributed by atoms with Gasteiger partial charge in [0.05, 0.1) is 34.3 Å². The van der Waals surface area contributed by atoms with Crippen LogP contribution >= 0.6 is 23.1 Å². The van der Waals surface area contributed by atoms with E-state index in [2.05, 4.69) is 4.98 Å². The van der Waals surface area contributed by atoms with E-state index in [1.807, 2.05) is 66.9 Å². The number of para-hydroxylation sites is 3. The zero-order chi connectivity index (χ0) is 22.1. The molecule has 6 nitrogen and oxygen atoms in total. The van der Waals surface area contributed by atoms with Crippen LogP contribution in [0.2, 0.25) is 0 Å². The summed E-state index contributed by atoms with van der Waals surface area (Å²) in [5.74, 6) is 2.49. The summed E-state index contributed by atoms with van der Waals surface area (Å²) in [6.45, 7) is 1.90. The van der Waals surface area contributed by atoms with Crippen molar-refractivity contribution in [3.05, 3.63) is 87.9 Å². The molecule has 8 heteroatoms. The first kappa shape index (κ1) is 20.5. The number of aromatic nitrogens is 3. The Balaban J connectivity index is 1.59. The molecule has 0 radical (unpaired) electrons. The molecule has 5 aromatic rings. The van der Waals surface area contributed by atoms with Crippen LogP contribution in [-0.4, -0.2) is 21.6 Å². The number of thioether (sulfide) groups is 1. The highest BCUT2D eigenvalue weighted by atomic mass is 32.2. The van der Waals surface area contributed by atoms with Gasteiger partial charge in [-0.3, -0.25) is 9.36 Å². The zero-order valence-corrected chi connectivity index (χ0v) is 19.1. The molecule has 0 atom stereocenters. The number of methoxy groups -OCH3 is 1. The molecule has 0 amide bonds. The lowest BCUT2D eigenvalue weighted by atomic mass is 10.2. The Morgan fingerprint density at radius 3 is 2.69 bits per heavy atom. The molecule has 0 aliphatic heterocycles. The quantitative estimate of drug-likeness (QED) is 0.238. The Bertz CT molecular complexity index is 1460. The first-order chi connectivity index (χ1) is 15.7. The van der Waals surface area contributed by atoms with E-state index in [1.54, 1.807) is 29.1 Å². The lowest BCUT2D eigenvalue weighted by Crippen LogP contribution is -2.22. The number of hydrogen-bond donors (Lipinski definition) is 0. The minimum Gasteiger partial charge on any atom is -0.495 e. The minimum atomic E-state index is -0.140. The number of thiophene rings is 1. The first-order valence-corrected chi connectivity index (χ1v) is 11.8. The molecule has 0 spiro atoms. The number of rotatable bonds is 6. The average molecular weight is 462 g/mol. The maximum Gasteiger partial charge on any atom is 0.266 e. The van der Waals surface area contributed by atoms with Crippen molar-refractivity contribution in [2.75, 3.05) is 7.11 Å². The molecule has 0 bridgehead atoms. The molecule has 3 aromatic heterocycles. The van der Waals surface area contributed by atoms with Crippen molar-refractivity contribution in [2.24, 2.45) is 0 Å². The van der Waals surface area contributed by atoms with E-state index in [1.165, 1.54) is 11.8 Å². The van der Waals surface area contributed by atoms with Crippen LogP contribution in [0, 0.1) is 6.92 Å². The SMILES string of the molecule is COc1ccccc1-n1c(SCc2nc(-c3cccs3)oc2C)nc2ccccc2c1=O. The number of benzene rings is 2. The maximum atomic E-state index is 13.5. The molecule has 0 saturated heterocycles. The summed E-state index contributed by atoms with van der Waals surface area (Å²) >= 11 is 3.03. The van der Waals surface area contributed by atoms with Crippen LogP contribution in [-0.2, 0) is 5.75 Å². The number of ether oxygens (including phenoxy) is 1. The molecule has 0 fully saturated rings. The second kappa shape index (κ2) is 8.64. The van der Waals surface area contributed by atoms with Gasteiger partial charge in [-0.15, -0.1) is 11.3 Å². The third kappa shape index (κ3) is 3.72. The fourth-order valence-corrected chi connectivity index (χ4v) is 5.09. The second-order valence-corrected chi connectivity index (χ2v) is 8.90. The summed E-state index contributed by atoms with van der Waals surface area (Å²) in [6.07, 6.45) is 0. The number of nitrogens with zero attached hydrogens (tertiary/aromatic N) is 3. The largest absolute Gasteiger partial charge is 0.495 e. The molecule has 160 valence electrons. The Labute approximate surface area is 192 Å². The predicted octanol–water partition coefficient (Wildman–Crippen LogP) is 5.71. The van der Waals surface area contributed by atoms with E-state index in [0.717, 1.165) is 16.3 Å². The van der Waals surface area contributed by atoms with Gasteiger partial charge in [0.15, 0.2) is 5.16 Å². The van der Waals surface area contributed by atoms with Gasteiger partial charge in [0.2, 0.25) is 5.89 Å². The Morgan fingerprint density at radius 1 is 1.06 bits per heavy atom. The lowest BCUT2D eigenvalue weighted by Gasteiger charge is -2.15. The third-order valence-corrected chi connectivity index (χ3v) is 6.84. The molecular formula is C24H19N3O3S2. The lowest BCUT2D eigenvalue weighted by molar-refractivity contribution is 0.411. The van der Waals surface area contributed by atoms with Crippen LogP contribution in [0.1, 0.15) is 11.5 Å². The number of hydrogen-bond acceptors (Lipinski definition) is 7. The van der Waals surface area contributed by atoms with Crippen molar-refractivity contribution < 1.29 is 9.15 Å². The summed E-state index contributed by atoms with van der Waals surface area (Å²) in [4.78, 5) is 23.9. The second-order valence-electron chi connectivity index (χ2n) is 7.01. The van der Waals surface area contributed by atoms with Crippen molar-refractivity contribution in [3.8, 4) is 22.2 Å². The molecule has 0 aliphatic carbocycles. The van der Waals surface area contributed by atoms with Gasteiger partial charge < -0.3 is 9.15 Å². The molecule has 5 rings (SSSR count). The van der Waals surface area contributed by atoms with E-state index < -0.39 is 0 Å². The van der Waals surface area contributed by atoms with Crippen molar-refractivity contribution >= 4 is 34.0 Å². The first-order valence-electron chi connectivity index (χ1n) is 9.94. The van der Waals surface area contributed by atoms with Crippen molar-refractivity contribution in [1.82, 2.24) is 14.5 Å². The Hall–Kier alpha value is -3.36.